The highest BCUT2D eigenvalue weighted by molar-refractivity contribution is 6.01. The Morgan fingerprint density at radius 2 is 2.17 bits per heavy atom. The van der Waals surface area contributed by atoms with E-state index in [4.69, 9.17) is 10.9 Å². The van der Waals surface area contributed by atoms with Crippen LogP contribution in [0.15, 0.2) is 5.16 Å². The van der Waals surface area contributed by atoms with Gasteiger partial charge in [-0.1, -0.05) is 11.6 Å². The van der Waals surface area contributed by atoms with Crippen LogP contribution in [0.5, 0.6) is 0 Å². The lowest BCUT2D eigenvalue weighted by Gasteiger charge is -2.44. The van der Waals surface area contributed by atoms with Crippen molar-refractivity contribution in [3.05, 3.63) is 0 Å². The molecule has 6 nitrogen and oxygen atoms in total. The smallest absolute Gasteiger partial charge is 0.233 e. The fraction of sp³-hybridized carbons (Fsp3) is 0.833. The van der Waals surface area contributed by atoms with Gasteiger partial charge in [0.1, 0.15) is 0 Å². The van der Waals surface area contributed by atoms with Crippen molar-refractivity contribution < 1.29 is 10.0 Å². The maximum Gasteiger partial charge on any atom is 0.233 e. The van der Waals surface area contributed by atoms with E-state index in [1.807, 2.05) is 4.90 Å². The first kappa shape index (κ1) is 13.1. The molecule has 0 aromatic rings. The predicted octanol–water partition coefficient (Wildman–Crippen LogP) is 0.0656. The molecule has 3 N–H and O–H groups in total. The van der Waals surface area contributed by atoms with E-state index in [1.165, 1.54) is 19.3 Å². The Labute approximate surface area is 107 Å². The zero-order chi connectivity index (χ0) is 13.1. The van der Waals surface area contributed by atoms with Gasteiger partial charge in [-0.25, -0.2) is 0 Å². The third kappa shape index (κ3) is 2.58. The predicted molar refractivity (Wildman–Crippen MR) is 68.4 cm³/mol. The summed E-state index contributed by atoms with van der Waals surface area (Å²) in [5, 5.41) is 11.5. The molecule has 2 unspecified atom stereocenters. The van der Waals surface area contributed by atoms with Crippen LogP contribution in [0.25, 0.3) is 0 Å². The van der Waals surface area contributed by atoms with Gasteiger partial charge in [-0.05, 0) is 26.3 Å². The van der Waals surface area contributed by atoms with Gasteiger partial charge in [0.15, 0.2) is 5.84 Å². The van der Waals surface area contributed by atoms with Gasteiger partial charge < -0.3 is 15.8 Å². The van der Waals surface area contributed by atoms with Crippen LogP contribution in [0.4, 0.5) is 0 Å². The Bertz CT molecular complexity index is 345. The van der Waals surface area contributed by atoms with E-state index in [1.54, 1.807) is 6.92 Å². The maximum atomic E-state index is 12.2. The first-order valence-corrected chi connectivity index (χ1v) is 6.63. The number of fused-ring (bicyclic) bond motifs is 1. The molecule has 2 aliphatic heterocycles. The van der Waals surface area contributed by atoms with Crippen molar-refractivity contribution in [2.45, 2.75) is 32.2 Å². The minimum absolute atomic E-state index is 0.00827. The van der Waals surface area contributed by atoms with E-state index in [2.05, 4.69) is 10.1 Å². The minimum atomic E-state index is -0.537. The third-order valence-electron chi connectivity index (χ3n) is 4.08. The number of amides is 1. The second-order valence-corrected chi connectivity index (χ2v) is 5.22. The van der Waals surface area contributed by atoms with Gasteiger partial charge in [-0.2, -0.15) is 0 Å². The SMILES string of the molecule is CC(C(=O)N1CCN2CCCCC2C1)C(N)=NO. The van der Waals surface area contributed by atoms with Crippen molar-refractivity contribution in [3.63, 3.8) is 0 Å². The zero-order valence-electron chi connectivity index (χ0n) is 10.9. The van der Waals surface area contributed by atoms with Gasteiger partial charge in [-0.15, -0.1) is 0 Å². The molecule has 2 fully saturated rings. The van der Waals surface area contributed by atoms with Crippen LogP contribution in [0.1, 0.15) is 26.2 Å². The summed E-state index contributed by atoms with van der Waals surface area (Å²) in [6.07, 6.45) is 3.69. The Morgan fingerprint density at radius 3 is 2.89 bits per heavy atom. The summed E-state index contributed by atoms with van der Waals surface area (Å²) >= 11 is 0. The molecule has 0 saturated carbocycles. The average Bonchev–Trinajstić information content (AvgIpc) is 2.44. The van der Waals surface area contributed by atoms with E-state index in [0.29, 0.717) is 6.04 Å². The third-order valence-corrected chi connectivity index (χ3v) is 4.08. The number of oxime groups is 1. The molecule has 6 heteroatoms. The van der Waals surface area contributed by atoms with Gasteiger partial charge >= 0.3 is 0 Å². The molecule has 2 rings (SSSR count). The number of nitrogens with two attached hydrogens (primary N) is 1. The molecule has 0 aliphatic carbocycles. The molecule has 0 aromatic carbocycles. The van der Waals surface area contributed by atoms with E-state index in [-0.39, 0.29) is 11.7 Å². The van der Waals surface area contributed by atoms with Crippen molar-refractivity contribution in [1.29, 1.82) is 0 Å². The Hall–Kier alpha value is -1.30. The van der Waals surface area contributed by atoms with Gasteiger partial charge in [-0.3, -0.25) is 9.69 Å². The lowest BCUT2D eigenvalue weighted by molar-refractivity contribution is -0.136. The Kier molecular flexibility index (Phi) is 4.06. The number of amidine groups is 1. The summed E-state index contributed by atoms with van der Waals surface area (Å²) < 4.78 is 0. The van der Waals surface area contributed by atoms with Crippen molar-refractivity contribution in [2.75, 3.05) is 26.2 Å². The van der Waals surface area contributed by atoms with E-state index < -0.39 is 5.92 Å². The van der Waals surface area contributed by atoms with Crippen LogP contribution < -0.4 is 5.73 Å². The van der Waals surface area contributed by atoms with Crippen LogP contribution >= 0.6 is 0 Å². The number of hydrogen-bond acceptors (Lipinski definition) is 4. The lowest BCUT2D eigenvalue weighted by Crippen LogP contribution is -2.57. The molecular formula is C12H22N4O2. The molecular weight excluding hydrogens is 232 g/mol. The minimum Gasteiger partial charge on any atom is -0.409 e. The van der Waals surface area contributed by atoms with Gasteiger partial charge in [0.05, 0.1) is 5.92 Å². The molecule has 2 atom stereocenters. The standard InChI is InChI=1S/C12H22N4O2/c1-9(11(13)14-18)12(17)16-7-6-15-5-3-2-4-10(15)8-16/h9-10,18H,2-8H2,1H3,(H2,13,14). The highest BCUT2D eigenvalue weighted by Gasteiger charge is 2.33. The van der Waals surface area contributed by atoms with Gasteiger partial charge in [0.2, 0.25) is 5.91 Å². The number of piperidine rings is 1. The topological polar surface area (TPSA) is 82.2 Å². The molecule has 2 heterocycles. The molecule has 102 valence electrons. The largest absolute Gasteiger partial charge is 0.409 e. The fourth-order valence-corrected chi connectivity index (χ4v) is 2.84. The number of carbonyl (C=O) groups is 1. The second-order valence-electron chi connectivity index (χ2n) is 5.22. The monoisotopic (exact) mass is 254 g/mol. The van der Waals surface area contributed by atoms with Crippen molar-refractivity contribution in [1.82, 2.24) is 9.80 Å². The molecule has 2 aliphatic rings. The van der Waals surface area contributed by atoms with E-state index in [0.717, 1.165) is 26.2 Å². The molecule has 18 heavy (non-hydrogen) atoms. The quantitative estimate of drug-likeness (QED) is 0.316. The second kappa shape index (κ2) is 5.56. The fourth-order valence-electron chi connectivity index (χ4n) is 2.84. The van der Waals surface area contributed by atoms with Gasteiger partial charge in [0.25, 0.3) is 0 Å². The summed E-state index contributed by atoms with van der Waals surface area (Å²) in [6.45, 7) is 5.31. The summed E-state index contributed by atoms with van der Waals surface area (Å²) in [7, 11) is 0. The lowest BCUT2D eigenvalue weighted by atomic mass is 9.98. The Morgan fingerprint density at radius 1 is 1.39 bits per heavy atom. The van der Waals surface area contributed by atoms with E-state index >= 15 is 0 Å². The maximum absolute atomic E-state index is 12.2. The molecule has 2 saturated heterocycles. The van der Waals surface area contributed by atoms with Crippen molar-refractivity contribution in [3.8, 4) is 0 Å². The highest BCUT2D eigenvalue weighted by atomic mass is 16.4. The normalized spacial score (nSPS) is 27.7. The van der Waals surface area contributed by atoms with Gasteiger partial charge in [0, 0.05) is 25.7 Å². The average molecular weight is 254 g/mol. The first-order chi connectivity index (χ1) is 8.63. The van der Waals surface area contributed by atoms with Crippen LogP contribution in [0, 0.1) is 5.92 Å². The number of carbonyl (C=O) groups excluding carboxylic acids is 1. The summed E-state index contributed by atoms with van der Waals surface area (Å²) in [6, 6.07) is 0.496. The van der Waals surface area contributed by atoms with Crippen molar-refractivity contribution >= 4 is 11.7 Å². The first-order valence-electron chi connectivity index (χ1n) is 6.63. The van der Waals surface area contributed by atoms with E-state index in [9.17, 15) is 4.79 Å². The summed E-state index contributed by atoms with van der Waals surface area (Å²) in [4.78, 5) is 16.5. The van der Waals surface area contributed by atoms with Crippen LogP contribution in [0.2, 0.25) is 0 Å². The van der Waals surface area contributed by atoms with Crippen LogP contribution in [0.3, 0.4) is 0 Å². The molecule has 0 spiro atoms. The summed E-state index contributed by atoms with van der Waals surface area (Å²) in [5.74, 6) is -0.577. The van der Waals surface area contributed by atoms with Crippen LogP contribution in [-0.4, -0.2) is 59.0 Å². The zero-order valence-corrected chi connectivity index (χ0v) is 10.9. The molecule has 0 aromatic heterocycles. The van der Waals surface area contributed by atoms with Crippen LogP contribution in [-0.2, 0) is 4.79 Å². The summed E-state index contributed by atoms with van der Waals surface area (Å²) in [5.41, 5.74) is 5.50. The molecule has 1 amide bonds. The number of nitrogens with zero attached hydrogens (tertiary/aromatic N) is 3. The Balaban J connectivity index is 1.96. The molecule has 0 bridgehead atoms. The number of rotatable bonds is 2. The van der Waals surface area contributed by atoms with Crippen molar-refractivity contribution in [2.24, 2.45) is 16.8 Å². The highest BCUT2D eigenvalue weighted by Crippen LogP contribution is 2.21. The number of piperazine rings is 1. The number of hydrogen-bond donors (Lipinski definition) is 2. The molecule has 0 radical (unpaired) electrons.